The molecule has 2 N–H and O–H groups in total. The summed E-state index contributed by atoms with van der Waals surface area (Å²) in [6.45, 7) is 0. The largest absolute Gasteiger partial charge is 0.469 e. The highest BCUT2D eigenvalue weighted by molar-refractivity contribution is 6.10. The van der Waals surface area contributed by atoms with Crippen LogP contribution >= 0.6 is 0 Å². The van der Waals surface area contributed by atoms with Gasteiger partial charge in [0.15, 0.2) is 5.76 Å². The van der Waals surface area contributed by atoms with Crippen LogP contribution in [0.4, 0.5) is 5.69 Å². The van der Waals surface area contributed by atoms with Crippen LogP contribution in [0.5, 0.6) is 0 Å². The fourth-order valence-corrected chi connectivity index (χ4v) is 2.56. The highest BCUT2D eigenvalue weighted by atomic mass is 16.5. The van der Waals surface area contributed by atoms with Gasteiger partial charge < -0.3 is 14.9 Å². The first-order chi connectivity index (χ1) is 11.6. The molecule has 0 radical (unpaired) electrons. The molecule has 3 aromatic rings. The number of hydrogen-bond acceptors (Lipinski definition) is 6. The first-order valence-corrected chi connectivity index (χ1v) is 7.42. The molecule has 24 heavy (non-hydrogen) atoms. The summed E-state index contributed by atoms with van der Waals surface area (Å²) in [5.74, 6) is -0.389. The Kier molecular flexibility index (Phi) is 4.29. The smallest absolute Gasteiger partial charge is 0.305 e. The predicted octanol–water partition coefficient (Wildman–Crippen LogP) is 2.75. The second-order valence-corrected chi connectivity index (χ2v) is 5.31. The predicted molar refractivity (Wildman–Crippen MR) is 88.6 cm³/mol. The topological polar surface area (TPSA) is 95.4 Å². The molecule has 0 aliphatic rings. The van der Waals surface area contributed by atoms with Gasteiger partial charge in [-0.15, -0.1) is 0 Å². The number of nitrogens with two attached hydrogens (primary N) is 1. The van der Waals surface area contributed by atoms with E-state index < -0.39 is 0 Å². The zero-order chi connectivity index (χ0) is 17.1. The van der Waals surface area contributed by atoms with Crippen molar-refractivity contribution in [2.75, 3.05) is 12.8 Å². The van der Waals surface area contributed by atoms with Crippen LogP contribution in [-0.4, -0.2) is 23.8 Å². The fourth-order valence-electron chi connectivity index (χ4n) is 2.56. The number of carbonyl (C=O) groups excluding carboxylic acids is 2. The third kappa shape index (κ3) is 2.99. The summed E-state index contributed by atoms with van der Waals surface area (Å²) in [7, 11) is 1.33. The molecule has 2 heterocycles. The molecule has 0 aliphatic heterocycles. The van der Waals surface area contributed by atoms with Gasteiger partial charge in [0.05, 0.1) is 7.11 Å². The van der Waals surface area contributed by atoms with Gasteiger partial charge in [-0.3, -0.25) is 14.6 Å². The van der Waals surface area contributed by atoms with E-state index in [9.17, 15) is 9.59 Å². The van der Waals surface area contributed by atoms with Crippen molar-refractivity contribution in [1.82, 2.24) is 4.98 Å². The molecule has 0 bridgehead atoms. The van der Waals surface area contributed by atoms with E-state index in [0.717, 1.165) is 5.39 Å². The maximum Gasteiger partial charge on any atom is 0.305 e. The van der Waals surface area contributed by atoms with E-state index in [-0.39, 0.29) is 23.9 Å². The highest BCUT2D eigenvalue weighted by Gasteiger charge is 2.22. The Balaban J connectivity index is 2.08. The molecule has 3 rings (SSSR count). The molecule has 0 atom stereocenters. The second-order valence-electron chi connectivity index (χ2n) is 5.31. The number of esters is 1. The zero-order valence-electron chi connectivity index (χ0n) is 13.1. The van der Waals surface area contributed by atoms with E-state index in [0.29, 0.717) is 28.8 Å². The number of fused-ring (bicyclic) bond motifs is 1. The number of anilines is 1. The van der Waals surface area contributed by atoms with Gasteiger partial charge in [-0.25, -0.2) is 0 Å². The van der Waals surface area contributed by atoms with Crippen LogP contribution in [0.1, 0.15) is 28.1 Å². The van der Waals surface area contributed by atoms with Crippen molar-refractivity contribution in [1.29, 1.82) is 0 Å². The van der Waals surface area contributed by atoms with Gasteiger partial charge in [0.2, 0.25) is 5.78 Å². The van der Waals surface area contributed by atoms with E-state index in [1.165, 1.54) is 7.11 Å². The number of methoxy groups -OCH3 is 1. The van der Waals surface area contributed by atoms with Gasteiger partial charge in [-0.1, -0.05) is 0 Å². The number of rotatable bonds is 5. The molecule has 6 heteroatoms. The average Bonchev–Trinajstić information content (AvgIpc) is 2.97. The van der Waals surface area contributed by atoms with Crippen LogP contribution in [0.25, 0.3) is 11.0 Å². The van der Waals surface area contributed by atoms with E-state index in [2.05, 4.69) is 9.72 Å². The van der Waals surface area contributed by atoms with Crippen LogP contribution in [0.15, 0.2) is 47.1 Å². The third-order valence-electron chi connectivity index (χ3n) is 3.77. The zero-order valence-corrected chi connectivity index (χ0v) is 13.1. The Morgan fingerprint density at radius 3 is 2.67 bits per heavy atom. The monoisotopic (exact) mass is 324 g/mol. The van der Waals surface area contributed by atoms with Crippen molar-refractivity contribution < 1.29 is 18.7 Å². The lowest BCUT2D eigenvalue weighted by molar-refractivity contribution is -0.140. The quantitative estimate of drug-likeness (QED) is 0.440. The summed E-state index contributed by atoms with van der Waals surface area (Å²) in [4.78, 5) is 28.2. The molecule has 0 saturated carbocycles. The standard InChI is InChI=1S/C18H16N2O4/c1-23-16(21)5-4-14-13-3-2-12(19)10-15(13)24-18(14)17(22)11-6-8-20-9-7-11/h2-3,6-10H,4-5,19H2,1H3. The number of aryl methyl sites for hydroxylation is 1. The summed E-state index contributed by atoms with van der Waals surface area (Å²) in [6.07, 6.45) is 3.59. The van der Waals surface area contributed by atoms with Crippen molar-refractivity contribution in [3.05, 3.63) is 59.6 Å². The molecule has 2 aromatic heterocycles. The molecule has 0 fully saturated rings. The highest BCUT2D eigenvalue weighted by Crippen LogP contribution is 2.30. The lowest BCUT2D eigenvalue weighted by Gasteiger charge is -2.03. The van der Waals surface area contributed by atoms with Gasteiger partial charge in [0.25, 0.3) is 0 Å². The maximum absolute atomic E-state index is 12.8. The minimum atomic E-state index is -0.345. The number of aromatic nitrogens is 1. The number of furan rings is 1. The third-order valence-corrected chi connectivity index (χ3v) is 3.77. The Labute approximate surface area is 138 Å². The van der Waals surface area contributed by atoms with Crippen LogP contribution in [0.3, 0.4) is 0 Å². The molecule has 0 aliphatic carbocycles. The summed E-state index contributed by atoms with van der Waals surface area (Å²) < 4.78 is 10.4. The van der Waals surface area contributed by atoms with Gasteiger partial charge in [-0.05, 0) is 30.7 Å². The molecule has 6 nitrogen and oxygen atoms in total. The van der Waals surface area contributed by atoms with E-state index in [4.69, 9.17) is 10.2 Å². The molecule has 122 valence electrons. The Morgan fingerprint density at radius 1 is 1.21 bits per heavy atom. The summed E-state index contributed by atoms with van der Waals surface area (Å²) in [5.41, 5.74) is 7.99. The van der Waals surface area contributed by atoms with Gasteiger partial charge >= 0.3 is 5.97 Å². The molecular weight excluding hydrogens is 308 g/mol. The minimum Gasteiger partial charge on any atom is -0.469 e. The lowest BCUT2D eigenvalue weighted by Crippen LogP contribution is -2.06. The normalized spacial score (nSPS) is 10.7. The van der Waals surface area contributed by atoms with Crippen molar-refractivity contribution in [3.8, 4) is 0 Å². The second kappa shape index (κ2) is 6.54. The van der Waals surface area contributed by atoms with E-state index in [1.807, 2.05) is 0 Å². The number of nitrogens with zero attached hydrogens (tertiary/aromatic N) is 1. The van der Waals surface area contributed by atoms with Crippen molar-refractivity contribution in [2.24, 2.45) is 0 Å². The lowest BCUT2D eigenvalue weighted by atomic mass is 10.0. The van der Waals surface area contributed by atoms with Gasteiger partial charge in [0.1, 0.15) is 5.58 Å². The summed E-state index contributed by atoms with van der Waals surface area (Å²) in [6, 6.07) is 8.44. The molecular formula is C18H16N2O4. The Hall–Kier alpha value is -3.15. The summed E-state index contributed by atoms with van der Waals surface area (Å²) >= 11 is 0. The first-order valence-electron chi connectivity index (χ1n) is 7.42. The molecule has 1 aromatic carbocycles. The Morgan fingerprint density at radius 2 is 1.96 bits per heavy atom. The van der Waals surface area contributed by atoms with Crippen LogP contribution in [0.2, 0.25) is 0 Å². The molecule has 0 amide bonds. The number of ether oxygens (including phenoxy) is 1. The number of nitrogen functional groups attached to an aromatic ring is 1. The van der Waals surface area contributed by atoms with Crippen molar-refractivity contribution in [3.63, 3.8) is 0 Å². The van der Waals surface area contributed by atoms with E-state index >= 15 is 0 Å². The van der Waals surface area contributed by atoms with Gasteiger partial charge in [0, 0.05) is 47.1 Å². The number of hydrogen-bond donors (Lipinski definition) is 1. The van der Waals surface area contributed by atoms with Crippen LogP contribution < -0.4 is 5.73 Å². The van der Waals surface area contributed by atoms with Gasteiger partial charge in [-0.2, -0.15) is 0 Å². The molecule has 0 unspecified atom stereocenters. The fraction of sp³-hybridized carbons (Fsp3) is 0.167. The number of pyridine rings is 1. The SMILES string of the molecule is COC(=O)CCc1c(C(=O)c2ccncc2)oc2cc(N)ccc12. The van der Waals surface area contributed by atoms with Crippen molar-refractivity contribution in [2.45, 2.75) is 12.8 Å². The van der Waals surface area contributed by atoms with Crippen LogP contribution in [0, 0.1) is 0 Å². The molecule has 0 spiro atoms. The van der Waals surface area contributed by atoms with Crippen molar-refractivity contribution >= 4 is 28.4 Å². The van der Waals surface area contributed by atoms with E-state index in [1.54, 1.807) is 42.7 Å². The molecule has 0 saturated heterocycles. The minimum absolute atomic E-state index is 0.159. The number of carbonyl (C=O) groups is 2. The van der Waals surface area contributed by atoms with Crippen LogP contribution in [-0.2, 0) is 16.0 Å². The first kappa shape index (κ1) is 15.7. The Bertz CT molecular complexity index is 900. The average molecular weight is 324 g/mol. The summed E-state index contributed by atoms with van der Waals surface area (Å²) in [5, 5.41) is 0.769. The number of ketones is 1. The number of benzene rings is 1. The maximum atomic E-state index is 12.8.